The molecule has 4 nitrogen and oxygen atoms in total. The summed E-state index contributed by atoms with van der Waals surface area (Å²) in [7, 11) is -3.84. The van der Waals surface area contributed by atoms with Crippen LogP contribution in [0.25, 0.3) is 0 Å². The van der Waals surface area contributed by atoms with Gasteiger partial charge in [-0.05, 0) is 0 Å². The summed E-state index contributed by atoms with van der Waals surface area (Å²) in [5, 5.41) is 7.52. The van der Waals surface area contributed by atoms with Gasteiger partial charge >= 0.3 is 0 Å². The lowest BCUT2D eigenvalue weighted by atomic mass is 10.5. The second-order valence-electron chi connectivity index (χ2n) is 2.69. The standard InChI is InChI=1S/C7H5Cl4NO3S/c8-3-5(16(14,15)2-1-13)4(9)7(11)12-6(3)10/h13H,1-2H2. The normalized spacial score (nSPS) is 11.8. The van der Waals surface area contributed by atoms with Crippen molar-refractivity contribution in [2.45, 2.75) is 4.90 Å². The van der Waals surface area contributed by atoms with Crippen LogP contribution < -0.4 is 0 Å². The Morgan fingerprint density at radius 1 is 1.06 bits per heavy atom. The monoisotopic (exact) mass is 323 g/mol. The summed E-state index contributed by atoms with van der Waals surface area (Å²) in [5.41, 5.74) is 0. The van der Waals surface area contributed by atoms with E-state index in [-0.39, 0.29) is 20.4 Å². The van der Waals surface area contributed by atoms with Crippen LogP contribution in [0.3, 0.4) is 0 Å². The first-order valence-electron chi connectivity index (χ1n) is 3.85. The summed E-state index contributed by atoms with van der Waals surface area (Å²) >= 11 is 22.6. The number of aliphatic hydroxyl groups excluding tert-OH is 1. The fourth-order valence-corrected chi connectivity index (χ4v) is 3.69. The molecule has 1 N–H and O–H groups in total. The van der Waals surface area contributed by atoms with E-state index in [0.29, 0.717) is 0 Å². The lowest BCUT2D eigenvalue weighted by molar-refractivity contribution is 0.319. The number of aliphatic hydroxyl groups is 1. The molecule has 0 saturated carbocycles. The van der Waals surface area contributed by atoms with Gasteiger partial charge in [-0.2, -0.15) is 0 Å². The summed E-state index contributed by atoms with van der Waals surface area (Å²) < 4.78 is 23.4. The molecular formula is C7H5Cl4NO3S. The summed E-state index contributed by atoms with van der Waals surface area (Å²) in [6.45, 7) is -0.563. The molecular weight excluding hydrogens is 320 g/mol. The number of rotatable bonds is 3. The highest BCUT2D eigenvalue weighted by Crippen LogP contribution is 2.37. The van der Waals surface area contributed by atoms with Crippen LogP contribution in [0.2, 0.25) is 20.4 Å². The molecule has 0 fully saturated rings. The molecule has 90 valence electrons. The summed E-state index contributed by atoms with van der Waals surface area (Å²) in [6, 6.07) is 0. The Morgan fingerprint density at radius 3 is 1.88 bits per heavy atom. The highest BCUT2D eigenvalue weighted by atomic mass is 35.5. The number of nitrogens with zero attached hydrogens (tertiary/aromatic N) is 1. The predicted molar refractivity (Wildman–Crippen MR) is 63.4 cm³/mol. The first kappa shape index (κ1) is 14.3. The molecule has 9 heteroatoms. The molecule has 16 heavy (non-hydrogen) atoms. The van der Waals surface area contributed by atoms with E-state index >= 15 is 0 Å². The Kier molecular flexibility index (Phi) is 4.68. The van der Waals surface area contributed by atoms with E-state index in [1.54, 1.807) is 0 Å². The van der Waals surface area contributed by atoms with Gasteiger partial charge in [0, 0.05) is 0 Å². The van der Waals surface area contributed by atoms with E-state index in [2.05, 4.69) is 4.98 Å². The minimum atomic E-state index is -3.84. The lowest BCUT2D eigenvalue weighted by Gasteiger charge is -2.09. The van der Waals surface area contributed by atoms with Crippen LogP contribution in [0.5, 0.6) is 0 Å². The molecule has 0 atom stereocenters. The van der Waals surface area contributed by atoms with E-state index in [1.165, 1.54) is 0 Å². The SMILES string of the molecule is O=S(=O)(CCO)c1c(Cl)c(Cl)nc(Cl)c1Cl. The predicted octanol–water partition coefficient (Wildman–Crippen LogP) is 2.46. The van der Waals surface area contributed by atoms with Crippen LogP contribution in [-0.2, 0) is 9.84 Å². The van der Waals surface area contributed by atoms with E-state index in [1.807, 2.05) is 0 Å². The van der Waals surface area contributed by atoms with Gasteiger partial charge in [-0.1, -0.05) is 46.4 Å². The number of pyridine rings is 1. The smallest absolute Gasteiger partial charge is 0.183 e. The van der Waals surface area contributed by atoms with Gasteiger partial charge in [-0.3, -0.25) is 0 Å². The molecule has 1 heterocycles. The van der Waals surface area contributed by atoms with Gasteiger partial charge in [0.25, 0.3) is 0 Å². The number of hydrogen-bond acceptors (Lipinski definition) is 4. The third-order valence-corrected chi connectivity index (χ3v) is 5.08. The maximum absolute atomic E-state index is 11.7. The summed E-state index contributed by atoms with van der Waals surface area (Å²) in [5.74, 6) is -0.525. The minimum Gasteiger partial charge on any atom is -0.395 e. The largest absolute Gasteiger partial charge is 0.395 e. The molecule has 0 saturated heterocycles. The van der Waals surface area contributed by atoms with Crippen molar-refractivity contribution in [2.24, 2.45) is 0 Å². The van der Waals surface area contributed by atoms with Crippen LogP contribution in [0.15, 0.2) is 4.90 Å². The molecule has 0 aliphatic carbocycles. The van der Waals surface area contributed by atoms with Crippen molar-refractivity contribution in [3.05, 3.63) is 20.4 Å². The van der Waals surface area contributed by atoms with Crippen molar-refractivity contribution in [2.75, 3.05) is 12.4 Å². The van der Waals surface area contributed by atoms with E-state index in [9.17, 15) is 8.42 Å². The van der Waals surface area contributed by atoms with Crippen LogP contribution in [0.4, 0.5) is 0 Å². The van der Waals surface area contributed by atoms with E-state index < -0.39 is 27.1 Å². The number of hydrogen-bond donors (Lipinski definition) is 1. The topological polar surface area (TPSA) is 67.3 Å². The van der Waals surface area contributed by atoms with Gasteiger partial charge in [0.15, 0.2) is 20.1 Å². The van der Waals surface area contributed by atoms with Crippen LogP contribution in [-0.4, -0.2) is 30.9 Å². The third kappa shape index (κ3) is 2.72. The second-order valence-corrected chi connectivity index (χ2v) is 6.21. The molecule has 1 aromatic heterocycles. The molecule has 0 amide bonds. The van der Waals surface area contributed by atoms with Gasteiger partial charge < -0.3 is 5.11 Å². The van der Waals surface area contributed by atoms with Crippen LogP contribution in [0, 0.1) is 0 Å². The zero-order valence-electron chi connectivity index (χ0n) is 7.55. The van der Waals surface area contributed by atoms with Gasteiger partial charge in [0.2, 0.25) is 0 Å². The Labute approximate surface area is 112 Å². The maximum Gasteiger partial charge on any atom is 0.183 e. The molecule has 0 unspecified atom stereocenters. The van der Waals surface area contributed by atoms with Gasteiger partial charge in [-0.15, -0.1) is 0 Å². The van der Waals surface area contributed by atoms with Crippen LogP contribution in [0.1, 0.15) is 0 Å². The van der Waals surface area contributed by atoms with Crippen molar-refractivity contribution in [1.29, 1.82) is 0 Å². The molecule has 0 aliphatic heterocycles. The van der Waals surface area contributed by atoms with E-state index in [0.717, 1.165) is 0 Å². The first-order chi connectivity index (χ1) is 7.31. The average Bonchev–Trinajstić information content (AvgIpc) is 2.14. The molecule has 0 aromatic carbocycles. The molecule has 0 radical (unpaired) electrons. The Balaban J connectivity index is 3.56. The van der Waals surface area contributed by atoms with Crippen LogP contribution >= 0.6 is 46.4 Å². The fraction of sp³-hybridized carbons (Fsp3) is 0.286. The van der Waals surface area contributed by atoms with Crippen molar-refractivity contribution in [3.63, 3.8) is 0 Å². The third-order valence-electron chi connectivity index (χ3n) is 1.63. The minimum absolute atomic E-state index is 0.257. The number of halogens is 4. The molecule has 0 aliphatic rings. The number of aromatic nitrogens is 1. The average molecular weight is 325 g/mol. The second kappa shape index (κ2) is 5.25. The van der Waals surface area contributed by atoms with Crippen molar-refractivity contribution >= 4 is 56.2 Å². The summed E-state index contributed by atoms with van der Waals surface area (Å²) in [6.07, 6.45) is 0. The fourth-order valence-electron chi connectivity index (χ4n) is 0.963. The Hall–Kier alpha value is 0.220. The maximum atomic E-state index is 11.7. The lowest BCUT2D eigenvalue weighted by Crippen LogP contribution is -2.12. The first-order valence-corrected chi connectivity index (χ1v) is 7.01. The van der Waals surface area contributed by atoms with Crippen molar-refractivity contribution < 1.29 is 13.5 Å². The van der Waals surface area contributed by atoms with Gasteiger partial charge in [-0.25, -0.2) is 13.4 Å². The quantitative estimate of drug-likeness (QED) is 0.867. The molecule has 1 aromatic rings. The van der Waals surface area contributed by atoms with E-state index in [4.69, 9.17) is 51.5 Å². The summed E-state index contributed by atoms with van der Waals surface area (Å²) in [4.78, 5) is 3.14. The van der Waals surface area contributed by atoms with Crippen molar-refractivity contribution in [1.82, 2.24) is 4.98 Å². The highest BCUT2D eigenvalue weighted by Gasteiger charge is 2.26. The number of sulfone groups is 1. The Bertz CT molecular complexity index is 491. The molecule has 0 bridgehead atoms. The molecule has 1 rings (SSSR count). The van der Waals surface area contributed by atoms with Crippen molar-refractivity contribution in [3.8, 4) is 0 Å². The zero-order chi connectivity index (χ0) is 12.5. The highest BCUT2D eigenvalue weighted by molar-refractivity contribution is 7.91. The Morgan fingerprint density at radius 2 is 1.50 bits per heavy atom. The van der Waals surface area contributed by atoms with Gasteiger partial charge in [0.05, 0.1) is 22.4 Å². The van der Waals surface area contributed by atoms with Gasteiger partial charge in [0.1, 0.15) is 4.90 Å². The molecule has 0 spiro atoms. The zero-order valence-corrected chi connectivity index (χ0v) is 11.4.